The van der Waals surface area contributed by atoms with Crippen LogP contribution in [0, 0.1) is 0 Å². The predicted molar refractivity (Wildman–Crippen MR) is 105 cm³/mol. The maximum absolute atomic E-state index is 10.3. The number of hydrogen-bond acceptors (Lipinski definition) is 9. The number of aliphatic hydroxyl groups is 4. The lowest BCUT2D eigenvalue weighted by atomic mass is 9.99. The topological polar surface area (TPSA) is 171 Å². The van der Waals surface area contributed by atoms with Crippen LogP contribution in [0.3, 0.4) is 0 Å². The quantitative estimate of drug-likeness (QED) is 0.290. The largest absolute Gasteiger partial charge is 0.508 e. The standard InChI is InChI=1S/C21H20O10/c22-8-16-17(26)18(27)19(28)21(31-16)30-15-7-12-13(25)5-11(24)6-14(12)29-20(15)9-1-3-10(23)4-2-9/h1-7,16-19,21-22,26-28H,8H2,(H2-,23,24,25)/p+1/t16-,17-,18+,19-,21+/m1/s1. The lowest BCUT2D eigenvalue weighted by Gasteiger charge is -2.39. The molecule has 10 nitrogen and oxygen atoms in total. The molecule has 10 heteroatoms. The van der Waals surface area contributed by atoms with E-state index in [0.717, 1.165) is 6.07 Å². The summed E-state index contributed by atoms with van der Waals surface area (Å²) in [6.07, 6.45) is -7.52. The van der Waals surface area contributed by atoms with E-state index in [1.807, 2.05) is 0 Å². The molecule has 1 aliphatic heterocycles. The Kier molecular flexibility index (Phi) is 5.56. The molecule has 1 aromatic heterocycles. The molecule has 1 saturated heterocycles. The summed E-state index contributed by atoms with van der Waals surface area (Å²) >= 11 is 0. The van der Waals surface area contributed by atoms with Crippen LogP contribution in [-0.2, 0) is 4.74 Å². The Labute approximate surface area is 175 Å². The van der Waals surface area contributed by atoms with E-state index in [1.54, 1.807) is 0 Å². The van der Waals surface area contributed by atoms with Crippen molar-refractivity contribution in [3.05, 3.63) is 42.5 Å². The highest BCUT2D eigenvalue weighted by atomic mass is 16.7. The fraction of sp³-hybridized carbons (Fsp3) is 0.286. The second kappa shape index (κ2) is 8.17. The fourth-order valence-corrected chi connectivity index (χ4v) is 3.38. The first-order chi connectivity index (χ1) is 14.8. The SMILES string of the molecule is OC[C@H]1O[C@H](Oc2cc3c(O)cc(O)cc3[o+]c2-c2ccc(O)cc2)[C@H](O)[C@@H](O)[C@@H]1O. The van der Waals surface area contributed by atoms with Gasteiger partial charge < -0.3 is 45.2 Å². The molecule has 1 aliphatic rings. The van der Waals surface area contributed by atoms with Crippen molar-refractivity contribution in [2.75, 3.05) is 6.61 Å². The lowest BCUT2D eigenvalue weighted by molar-refractivity contribution is -0.277. The number of benzene rings is 2. The monoisotopic (exact) mass is 433 g/mol. The van der Waals surface area contributed by atoms with Crippen LogP contribution in [0.4, 0.5) is 0 Å². The zero-order valence-corrected chi connectivity index (χ0v) is 16.0. The molecule has 0 unspecified atom stereocenters. The Hall–Kier alpha value is -3.15. The molecule has 5 atom stereocenters. The van der Waals surface area contributed by atoms with Crippen LogP contribution in [0.5, 0.6) is 23.0 Å². The lowest BCUT2D eigenvalue weighted by Crippen LogP contribution is -2.60. The van der Waals surface area contributed by atoms with Gasteiger partial charge in [-0.15, -0.1) is 0 Å². The Balaban J connectivity index is 1.81. The Morgan fingerprint density at radius 1 is 0.871 bits per heavy atom. The third kappa shape index (κ3) is 3.94. The first-order valence-corrected chi connectivity index (χ1v) is 9.38. The van der Waals surface area contributed by atoms with Gasteiger partial charge in [-0.1, -0.05) is 0 Å². The zero-order chi connectivity index (χ0) is 22.3. The maximum atomic E-state index is 10.3. The molecule has 0 bridgehead atoms. The molecule has 7 N–H and O–H groups in total. The van der Waals surface area contributed by atoms with Gasteiger partial charge in [0.2, 0.25) is 12.0 Å². The van der Waals surface area contributed by atoms with E-state index in [4.69, 9.17) is 13.9 Å². The highest BCUT2D eigenvalue weighted by molar-refractivity contribution is 5.88. The molecule has 2 aromatic carbocycles. The summed E-state index contributed by atoms with van der Waals surface area (Å²) in [6.45, 7) is -0.627. The summed E-state index contributed by atoms with van der Waals surface area (Å²) in [7, 11) is 0. The minimum atomic E-state index is -1.66. The van der Waals surface area contributed by atoms with E-state index in [-0.39, 0.29) is 39.7 Å². The molecule has 0 radical (unpaired) electrons. The molecule has 1 fully saturated rings. The molecule has 0 saturated carbocycles. The van der Waals surface area contributed by atoms with Crippen molar-refractivity contribution < 1.29 is 49.6 Å². The predicted octanol–water partition coefficient (Wildman–Crippen LogP) is 0.676. The Morgan fingerprint density at radius 3 is 2.26 bits per heavy atom. The van der Waals surface area contributed by atoms with Crippen LogP contribution in [-0.4, -0.2) is 73.1 Å². The third-order valence-corrected chi connectivity index (χ3v) is 5.04. The van der Waals surface area contributed by atoms with Gasteiger partial charge in [0.25, 0.3) is 0 Å². The van der Waals surface area contributed by atoms with Crippen molar-refractivity contribution in [1.29, 1.82) is 0 Å². The van der Waals surface area contributed by atoms with Crippen molar-refractivity contribution in [3.8, 4) is 34.3 Å². The minimum Gasteiger partial charge on any atom is -0.508 e. The van der Waals surface area contributed by atoms with E-state index >= 15 is 0 Å². The van der Waals surface area contributed by atoms with E-state index < -0.39 is 37.3 Å². The van der Waals surface area contributed by atoms with Gasteiger partial charge in [0, 0.05) is 12.1 Å². The smallest absolute Gasteiger partial charge is 0.402 e. The van der Waals surface area contributed by atoms with Crippen LogP contribution in [0.25, 0.3) is 22.3 Å². The van der Waals surface area contributed by atoms with Gasteiger partial charge in [-0.05, 0) is 24.3 Å². The Morgan fingerprint density at radius 2 is 1.58 bits per heavy atom. The third-order valence-electron chi connectivity index (χ3n) is 5.04. The highest BCUT2D eigenvalue weighted by Crippen LogP contribution is 2.40. The van der Waals surface area contributed by atoms with Crippen LogP contribution < -0.4 is 4.74 Å². The van der Waals surface area contributed by atoms with Gasteiger partial charge in [0.15, 0.2) is 0 Å². The number of ether oxygens (including phenoxy) is 2. The van der Waals surface area contributed by atoms with Crippen LogP contribution >= 0.6 is 0 Å². The summed E-state index contributed by atoms with van der Waals surface area (Å²) in [5, 5.41) is 69.4. The summed E-state index contributed by atoms with van der Waals surface area (Å²) < 4.78 is 17.0. The zero-order valence-electron chi connectivity index (χ0n) is 16.0. The molecule has 0 amide bonds. The molecule has 0 spiro atoms. The number of rotatable bonds is 4. The first-order valence-electron chi connectivity index (χ1n) is 9.38. The normalized spacial score (nSPS) is 26.1. The van der Waals surface area contributed by atoms with E-state index in [1.165, 1.54) is 36.4 Å². The van der Waals surface area contributed by atoms with Crippen molar-refractivity contribution >= 4 is 11.0 Å². The molecular formula is C21H21O10+. The van der Waals surface area contributed by atoms with E-state index in [0.29, 0.717) is 5.56 Å². The number of aromatic hydroxyl groups is 3. The molecular weight excluding hydrogens is 412 g/mol. The summed E-state index contributed by atoms with van der Waals surface area (Å²) in [5.41, 5.74) is 0.573. The second-order valence-corrected chi connectivity index (χ2v) is 7.18. The van der Waals surface area contributed by atoms with Crippen molar-refractivity contribution in [2.45, 2.75) is 30.7 Å². The molecule has 164 valence electrons. The van der Waals surface area contributed by atoms with Gasteiger partial charge in [-0.3, -0.25) is 0 Å². The van der Waals surface area contributed by atoms with Crippen molar-refractivity contribution in [3.63, 3.8) is 0 Å². The van der Waals surface area contributed by atoms with Crippen LogP contribution in [0.1, 0.15) is 0 Å². The summed E-state index contributed by atoms with van der Waals surface area (Å²) in [4.78, 5) is 0. The van der Waals surface area contributed by atoms with Crippen LogP contribution in [0.15, 0.2) is 46.9 Å². The van der Waals surface area contributed by atoms with Gasteiger partial charge in [0.05, 0.1) is 18.2 Å². The highest BCUT2D eigenvalue weighted by Gasteiger charge is 2.45. The van der Waals surface area contributed by atoms with E-state index in [2.05, 4.69) is 0 Å². The van der Waals surface area contributed by atoms with Crippen molar-refractivity contribution in [2.24, 2.45) is 0 Å². The minimum absolute atomic E-state index is 0.0104. The van der Waals surface area contributed by atoms with Gasteiger partial charge >= 0.3 is 11.3 Å². The maximum Gasteiger partial charge on any atom is 0.402 e. The molecule has 3 aromatic rings. The number of aliphatic hydroxyl groups excluding tert-OH is 4. The molecule has 4 rings (SSSR count). The van der Waals surface area contributed by atoms with Crippen LogP contribution in [0.2, 0.25) is 0 Å². The van der Waals surface area contributed by atoms with Crippen molar-refractivity contribution in [1.82, 2.24) is 0 Å². The van der Waals surface area contributed by atoms with E-state index in [9.17, 15) is 35.7 Å². The molecule has 31 heavy (non-hydrogen) atoms. The first kappa shape index (κ1) is 21.1. The Bertz CT molecular complexity index is 1080. The second-order valence-electron chi connectivity index (χ2n) is 7.18. The summed E-state index contributed by atoms with van der Waals surface area (Å²) in [6, 6.07) is 9.66. The fourth-order valence-electron chi connectivity index (χ4n) is 3.38. The number of fused-ring (bicyclic) bond motifs is 1. The number of hydrogen-bond donors (Lipinski definition) is 7. The summed E-state index contributed by atoms with van der Waals surface area (Å²) in [5.74, 6) is -0.420. The van der Waals surface area contributed by atoms with Gasteiger partial charge in [-0.25, -0.2) is 4.42 Å². The molecule has 2 heterocycles. The number of phenols is 3. The van der Waals surface area contributed by atoms with Gasteiger partial charge in [-0.2, -0.15) is 0 Å². The average Bonchev–Trinajstić information content (AvgIpc) is 2.74. The van der Waals surface area contributed by atoms with Gasteiger partial charge in [0.1, 0.15) is 47.1 Å². The average molecular weight is 433 g/mol. The molecule has 0 aliphatic carbocycles. The number of phenolic OH excluding ortho intramolecular Hbond substituents is 3.